The zero-order chi connectivity index (χ0) is 22.9. The normalized spacial score (nSPS) is 11.0. The highest BCUT2D eigenvalue weighted by Crippen LogP contribution is 2.31. The van der Waals surface area contributed by atoms with Gasteiger partial charge in [-0.1, -0.05) is 71.8 Å². The molecule has 0 aliphatic carbocycles. The number of carbonyl (C=O) groups is 1. The zero-order valence-electron chi connectivity index (χ0n) is 18.1. The van der Waals surface area contributed by atoms with Gasteiger partial charge in [0.2, 0.25) is 0 Å². The molecule has 1 N–H and O–H groups in total. The fraction of sp³-hybridized carbons (Fsp3) is 0.0741. The Kier molecular flexibility index (Phi) is 5.67. The Morgan fingerprint density at radius 1 is 0.879 bits per heavy atom. The van der Waals surface area contributed by atoms with Gasteiger partial charge in [-0.3, -0.25) is 10.1 Å². The zero-order valence-corrected chi connectivity index (χ0v) is 19.7. The summed E-state index contributed by atoms with van der Waals surface area (Å²) in [4.78, 5) is 22.7. The van der Waals surface area contributed by atoms with Gasteiger partial charge < -0.3 is 0 Å². The van der Waals surface area contributed by atoms with Crippen molar-refractivity contribution >= 4 is 44.9 Å². The lowest BCUT2D eigenvalue weighted by molar-refractivity contribution is 0.102. The number of halogens is 1. The molecule has 4 nitrogen and oxygen atoms in total. The molecule has 0 unspecified atom stereocenters. The van der Waals surface area contributed by atoms with Crippen LogP contribution in [0, 0.1) is 13.8 Å². The standard InChI is InChI=1S/C27H20ClN3OS/c1-16-11-12-18(17(2)13-16)25-15-33-27(30-25)31-26(32)21-14-24(20-8-3-5-9-22(20)28)29-23-10-6-4-7-19(21)23/h3-15H,1-2H3,(H,30,31,32). The van der Waals surface area contributed by atoms with E-state index in [2.05, 4.69) is 42.3 Å². The molecule has 0 bridgehead atoms. The quantitative estimate of drug-likeness (QED) is 0.295. The molecular weight excluding hydrogens is 450 g/mol. The Labute approximate surface area is 200 Å². The smallest absolute Gasteiger partial charge is 0.258 e. The van der Waals surface area contributed by atoms with Gasteiger partial charge in [-0.25, -0.2) is 9.97 Å². The SMILES string of the molecule is Cc1ccc(-c2csc(NC(=O)c3cc(-c4ccccc4Cl)nc4ccccc34)n2)c(C)c1. The van der Waals surface area contributed by atoms with E-state index < -0.39 is 0 Å². The number of aryl methyl sites for hydroxylation is 2. The molecule has 0 radical (unpaired) electrons. The maximum Gasteiger partial charge on any atom is 0.258 e. The van der Waals surface area contributed by atoms with Crippen LogP contribution in [-0.4, -0.2) is 15.9 Å². The lowest BCUT2D eigenvalue weighted by Crippen LogP contribution is -2.13. The fourth-order valence-electron chi connectivity index (χ4n) is 3.89. The lowest BCUT2D eigenvalue weighted by Gasteiger charge is -2.10. The average molecular weight is 470 g/mol. The Hall–Kier alpha value is -3.54. The maximum atomic E-state index is 13.3. The molecule has 162 valence electrons. The molecule has 5 rings (SSSR count). The van der Waals surface area contributed by atoms with Crippen molar-refractivity contribution in [2.45, 2.75) is 13.8 Å². The number of nitrogens with one attached hydrogen (secondary N) is 1. The number of anilines is 1. The number of aromatic nitrogens is 2. The van der Waals surface area contributed by atoms with Crippen LogP contribution in [0.3, 0.4) is 0 Å². The number of rotatable bonds is 4. The van der Waals surface area contributed by atoms with E-state index in [0.717, 1.165) is 33.3 Å². The highest BCUT2D eigenvalue weighted by molar-refractivity contribution is 7.14. The number of nitrogens with zero attached hydrogens (tertiary/aromatic N) is 2. The highest BCUT2D eigenvalue weighted by atomic mass is 35.5. The van der Waals surface area contributed by atoms with E-state index in [1.807, 2.05) is 53.9 Å². The third kappa shape index (κ3) is 4.25. The minimum absolute atomic E-state index is 0.233. The summed E-state index contributed by atoms with van der Waals surface area (Å²) >= 11 is 7.82. The number of hydrogen-bond acceptors (Lipinski definition) is 4. The van der Waals surface area contributed by atoms with Crippen LogP contribution in [0.4, 0.5) is 5.13 Å². The van der Waals surface area contributed by atoms with Gasteiger partial charge in [0.05, 0.1) is 22.5 Å². The predicted octanol–water partition coefficient (Wildman–Crippen LogP) is 7.55. The van der Waals surface area contributed by atoms with Gasteiger partial charge in [-0.2, -0.15) is 0 Å². The van der Waals surface area contributed by atoms with Gasteiger partial charge >= 0.3 is 0 Å². The number of carbonyl (C=O) groups excluding carboxylic acids is 1. The predicted molar refractivity (Wildman–Crippen MR) is 137 cm³/mol. The van der Waals surface area contributed by atoms with E-state index in [4.69, 9.17) is 16.6 Å². The van der Waals surface area contributed by atoms with Crippen molar-refractivity contribution in [3.05, 3.63) is 99.9 Å². The Morgan fingerprint density at radius 2 is 1.67 bits per heavy atom. The summed E-state index contributed by atoms with van der Waals surface area (Å²) in [7, 11) is 0. The second-order valence-corrected chi connectivity index (χ2v) is 9.13. The van der Waals surface area contributed by atoms with E-state index in [1.165, 1.54) is 16.9 Å². The van der Waals surface area contributed by atoms with Crippen LogP contribution in [0.15, 0.2) is 78.2 Å². The number of fused-ring (bicyclic) bond motifs is 1. The largest absolute Gasteiger partial charge is 0.298 e. The lowest BCUT2D eigenvalue weighted by atomic mass is 10.0. The molecule has 33 heavy (non-hydrogen) atoms. The van der Waals surface area contributed by atoms with Gasteiger partial charge in [-0.15, -0.1) is 11.3 Å². The Morgan fingerprint density at radius 3 is 2.48 bits per heavy atom. The third-order valence-corrected chi connectivity index (χ3v) is 6.58. The van der Waals surface area contributed by atoms with Crippen LogP contribution in [0.25, 0.3) is 33.4 Å². The molecule has 2 aromatic heterocycles. The van der Waals surface area contributed by atoms with Crippen molar-refractivity contribution in [2.75, 3.05) is 5.32 Å². The third-order valence-electron chi connectivity index (χ3n) is 5.49. The number of amides is 1. The average Bonchev–Trinajstić information content (AvgIpc) is 3.26. The molecule has 0 saturated carbocycles. The molecule has 0 saturated heterocycles. The first-order valence-corrected chi connectivity index (χ1v) is 11.7. The maximum absolute atomic E-state index is 13.3. The van der Waals surface area contributed by atoms with Crippen molar-refractivity contribution in [2.24, 2.45) is 0 Å². The number of pyridine rings is 1. The number of hydrogen-bond donors (Lipinski definition) is 1. The first-order chi connectivity index (χ1) is 16.0. The second-order valence-electron chi connectivity index (χ2n) is 7.86. The van der Waals surface area contributed by atoms with Gasteiger partial charge in [-0.05, 0) is 37.6 Å². The van der Waals surface area contributed by atoms with Crippen molar-refractivity contribution in [3.8, 4) is 22.5 Å². The molecule has 0 aliphatic heterocycles. The summed E-state index contributed by atoms with van der Waals surface area (Å²) in [5.74, 6) is -0.233. The van der Waals surface area contributed by atoms with Crippen molar-refractivity contribution < 1.29 is 4.79 Å². The van der Waals surface area contributed by atoms with Crippen LogP contribution in [0.1, 0.15) is 21.5 Å². The monoisotopic (exact) mass is 469 g/mol. The number of benzene rings is 3. The molecule has 6 heteroatoms. The highest BCUT2D eigenvalue weighted by Gasteiger charge is 2.17. The van der Waals surface area contributed by atoms with Crippen molar-refractivity contribution in [1.82, 2.24) is 9.97 Å². The molecular formula is C27H20ClN3OS. The molecule has 0 spiro atoms. The van der Waals surface area contributed by atoms with Crippen molar-refractivity contribution in [3.63, 3.8) is 0 Å². The number of para-hydroxylation sites is 1. The molecule has 2 heterocycles. The summed E-state index contributed by atoms with van der Waals surface area (Å²) in [5.41, 5.74) is 6.97. The summed E-state index contributed by atoms with van der Waals surface area (Å²) in [6.07, 6.45) is 0. The topological polar surface area (TPSA) is 54.9 Å². The summed E-state index contributed by atoms with van der Waals surface area (Å²) < 4.78 is 0. The Balaban J connectivity index is 1.51. The molecule has 3 aromatic carbocycles. The van der Waals surface area contributed by atoms with E-state index in [1.54, 1.807) is 6.07 Å². The van der Waals surface area contributed by atoms with Crippen LogP contribution >= 0.6 is 22.9 Å². The van der Waals surface area contributed by atoms with Gasteiger partial charge in [0.25, 0.3) is 5.91 Å². The summed E-state index contributed by atoms with van der Waals surface area (Å²) in [6.45, 7) is 4.14. The first kappa shape index (κ1) is 21.3. The minimum atomic E-state index is -0.233. The fourth-order valence-corrected chi connectivity index (χ4v) is 4.83. The van der Waals surface area contributed by atoms with Crippen molar-refractivity contribution in [1.29, 1.82) is 0 Å². The van der Waals surface area contributed by atoms with Gasteiger partial charge in [0, 0.05) is 26.9 Å². The molecule has 0 atom stereocenters. The molecule has 0 aliphatic rings. The van der Waals surface area contributed by atoms with E-state index in [-0.39, 0.29) is 5.91 Å². The molecule has 1 amide bonds. The van der Waals surface area contributed by atoms with E-state index >= 15 is 0 Å². The first-order valence-electron chi connectivity index (χ1n) is 10.5. The second kappa shape index (κ2) is 8.77. The van der Waals surface area contributed by atoms with Gasteiger partial charge in [0.1, 0.15) is 0 Å². The molecule has 5 aromatic rings. The van der Waals surface area contributed by atoms with Gasteiger partial charge in [0.15, 0.2) is 5.13 Å². The number of thiazole rings is 1. The molecule has 0 fully saturated rings. The van der Waals surface area contributed by atoms with Crippen LogP contribution in [-0.2, 0) is 0 Å². The van der Waals surface area contributed by atoms with Crippen LogP contribution in [0.2, 0.25) is 5.02 Å². The Bertz CT molecular complexity index is 1510. The van der Waals surface area contributed by atoms with Crippen LogP contribution < -0.4 is 5.32 Å². The van der Waals surface area contributed by atoms with E-state index in [0.29, 0.717) is 21.4 Å². The minimum Gasteiger partial charge on any atom is -0.298 e. The summed E-state index contributed by atoms with van der Waals surface area (Å²) in [6, 6.07) is 23.2. The summed E-state index contributed by atoms with van der Waals surface area (Å²) in [5, 5.41) is 6.85. The van der Waals surface area contributed by atoms with Crippen LogP contribution in [0.5, 0.6) is 0 Å². The van der Waals surface area contributed by atoms with E-state index in [9.17, 15) is 4.79 Å².